The number of nitrogens with one attached hydrogen (secondary N) is 1. The minimum Gasteiger partial charge on any atom is -0.337 e. The summed E-state index contributed by atoms with van der Waals surface area (Å²) in [6.45, 7) is 0. The number of H-pyrrole nitrogens is 1. The SMILES string of the molecule is Fc1cc(F)c2nc(-c3cc4c(s3)CCC4)[nH]c2c1. The van der Waals surface area contributed by atoms with Gasteiger partial charge in [0.2, 0.25) is 0 Å². The molecule has 2 aromatic heterocycles. The summed E-state index contributed by atoms with van der Waals surface area (Å²) in [7, 11) is 0. The van der Waals surface area contributed by atoms with E-state index in [4.69, 9.17) is 0 Å². The fourth-order valence-electron chi connectivity index (χ4n) is 2.60. The van der Waals surface area contributed by atoms with Crippen LogP contribution in [0.1, 0.15) is 16.9 Å². The predicted molar refractivity (Wildman–Crippen MR) is 71.3 cm³/mol. The summed E-state index contributed by atoms with van der Waals surface area (Å²) in [5, 5.41) is 0. The number of aryl methyl sites for hydroxylation is 2. The van der Waals surface area contributed by atoms with E-state index in [0.29, 0.717) is 11.3 Å². The topological polar surface area (TPSA) is 28.7 Å². The van der Waals surface area contributed by atoms with Gasteiger partial charge in [-0.05, 0) is 37.0 Å². The molecule has 0 atom stereocenters. The third kappa shape index (κ3) is 1.69. The molecule has 96 valence electrons. The van der Waals surface area contributed by atoms with Crippen molar-refractivity contribution >= 4 is 22.4 Å². The van der Waals surface area contributed by atoms with Crippen molar-refractivity contribution in [1.82, 2.24) is 9.97 Å². The first-order valence-corrected chi connectivity index (χ1v) is 6.99. The molecule has 19 heavy (non-hydrogen) atoms. The average molecular weight is 276 g/mol. The zero-order valence-corrected chi connectivity index (χ0v) is 10.8. The third-order valence-electron chi connectivity index (χ3n) is 3.48. The van der Waals surface area contributed by atoms with Crippen LogP contribution < -0.4 is 0 Å². The van der Waals surface area contributed by atoms with E-state index in [1.807, 2.05) is 0 Å². The number of aromatic nitrogens is 2. The molecule has 1 aromatic carbocycles. The zero-order chi connectivity index (χ0) is 13.0. The Labute approximate surface area is 112 Å². The lowest BCUT2D eigenvalue weighted by Gasteiger charge is -1.90. The smallest absolute Gasteiger partial charge is 0.153 e. The maximum absolute atomic E-state index is 13.6. The number of hydrogen-bond acceptors (Lipinski definition) is 2. The van der Waals surface area contributed by atoms with Gasteiger partial charge in [-0.3, -0.25) is 0 Å². The maximum atomic E-state index is 13.6. The second-order valence-corrected chi connectivity index (χ2v) is 5.92. The molecule has 0 spiro atoms. The summed E-state index contributed by atoms with van der Waals surface area (Å²) < 4.78 is 26.8. The van der Waals surface area contributed by atoms with Crippen LogP contribution in [0.2, 0.25) is 0 Å². The molecule has 0 bridgehead atoms. The van der Waals surface area contributed by atoms with E-state index >= 15 is 0 Å². The van der Waals surface area contributed by atoms with Gasteiger partial charge in [0, 0.05) is 10.9 Å². The van der Waals surface area contributed by atoms with E-state index in [2.05, 4.69) is 16.0 Å². The highest BCUT2D eigenvalue weighted by atomic mass is 32.1. The van der Waals surface area contributed by atoms with Crippen molar-refractivity contribution in [3.8, 4) is 10.7 Å². The highest BCUT2D eigenvalue weighted by molar-refractivity contribution is 7.15. The van der Waals surface area contributed by atoms with Crippen LogP contribution in [0.4, 0.5) is 8.78 Å². The number of aromatic amines is 1. The van der Waals surface area contributed by atoms with Crippen LogP contribution in [0, 0.1) is 11.6 Å². The number of hydrogen-bond donors (Lipinski definition) is 1. The molecular formula is C14H10F2N2S. The van der Waals surface area contributed by atoms with Gasteiger partial charge in [-0.2, -0.15) is 0 Å². The quantitative estimate of drug-likeness (QED) is 0.713. The predicted octanol–water partition coefficient (Wildman–Crippen LogP) is 4.06. The summed E-state index contributed by atoms with van der Waals surface area (Å²) >= 11 is 1.69. The first-order valence-electron chi connectivity index (χ1n) is 6.17. The van der Waals surface area contributed by atoms with Crippen molar-refractivity contribution < 1.29 is 8.78 Å². The first-order chi connectivity index (χ1) is 9.20. The van der Waals surface area contributed by atoms with Gasteiger partial charge in [-0.15, -0.1) is 11.3 Å². The van der Waals surface area contributed by atoms with Crippen LogP contribution in [0.15, 0.2) is 18.2 Å². The number of halogens is 2. The van der Waals surface area contributed by atoms with E-state index in [1.54, 1.807) is 11.3 Å². The largest absolute Gasteiger partial charge is 0.337 e. The van der Waals surface area contributed by atoms with Crippen molar-refractivity contribution in [1.29, 1.82) is 0 Å². The Balaban J connectivity index is 1.88. The second kappa shape index (κ2) is 3.87. The fraction of sp³-hybridized carbons (Fsp3) is 0.214. The molecule has 2 heterocycles. The van der Waals surface area contributed by atoms with Gasteiger partial charge in [0.15, 0.2) is 5.82 Å². The highest BCUT2D eigenvalue weighted by Gasteiger charge is 2.18. The minimum absolute atomic E-state index is 0.199. The normalized spacial score (nSPS) is 14.2. The van der Waals surface area contributed by atoms with Gasteiger partial charge in [0.1, 0.15) is 17.2 Å². The van der Waals surface area contributed by atoms with E-state index in [-0.39, 0.29) is 5.52 Å². The average Bonchev–Trinajstić information content (AvgIpc) is 2.98. The lowest BCUT2D eigenvalue weighted by atomic mass is 10.2. The monoisotopic (exact) mass is 276 g/mol. The van der Waals surface area contributed by atoms with Crippen LogP contribution >= 0.6 is 11.3 Å². The van der Waals surface area contributed by atoms with E-state index < -0.39 is 11.6 Å². The van der Waals surface area contributed by atoms with Crippen LogP contribution in [0.3, 0.4) is 0 Å². The van der Waals surface area contributed by atoms with Crippen molar-refractivity contribution in [3.63, 3.8) is 0 Å². The lowest BCUT2D eigenvalue weighted by molar-refractivity contribution is 0.591. The molecule has 0 unspecified atom stereocenters. The Bertz CT molecular complexity index is 767. The molecule has 0 amide bonds. The van der Waals surface area contributed by atoms with Gasteiger partial charge in [0.25, 0.3) is 0 Å². The minimum atomic E-state index is -0.624. The van der Waals surface area contributed by atoms with Crippen LogP contribution in [0.5, 0.6) is 0 Å². The highest BCUT2D eigenvalue weighted by Crippen LogP contribution is 2.36. The molecule has 0 saturated carbocycles. The molecule has 0 fully saturated rings. The number of nitrogens with zero attached hydrogens (tertiary/aromatic N) is 1. The summed E-state index contributed by atoms with van der Waals surface area (Å²) in [4.78, 5) is 9.64. The molecule has 1 N–H and O–H groups in total. The van der Waals surface area contributed by atoms with Gasteiger partial charge in [-0.1, -0.05) is 0 Å². The van der Waals surface area contributed by atoms with Crippen molar-refractivity contribution in [3.05, 3.63) is 40.3 Å². The summed E-state index contributed by atoms with van der Waals surface area (Å²) in [5.74, 6) is -0.589. The Hall–Kier alpha value is -1.75. The van der Waals surface area contributed by atoms with Gasteiger partial charge >= 0.3 is 0 Å². The van der Waals surface area contributed by atoms with Crippen LogP contribution in [0.25, 0.3) is 21.7 Å². The molecule has 3 aromatic rings. The molecule has 2 nitrogen and oxygen atoms in total. The Morgan fingerprint density at radius 3 is 2.89 bits per heavy atom. The molecular weight excluding hydrogens is 266 g/mol. The lowest BCUT2D eigenvalue weighted by Crippen LogP contribution is -1.81. The molecule has 5 heteroatoms. The molecule has 0 aliphatic heterocycles. The number of benzene rings is 1. The van der Waals surface area contributed by atoms with Gasteiger partial charge < -0.3 is 4.98 Å². The number of thiophene rings is 1. The maximum Gasteiger partial charge on any atom is 0.153 e. The Morgan fingerprint density at radius 2 is 2.05 bits per heavy atom. The van der Waals surface area contributed by atoms with Crippen LogP contribution in [-0.2, 0) is 12.8 Å². The molecule has 1 aliphatic rings. The standard InChI is InChI=1S/C14H10F2N2S/c15-8-5-9(16)13-10(6-8)17-14(18-13)12-4-7-2-1-3-11(7)19-12/h4-6H,1-3H2,(H,17,18). The van der Waals surface area contributed by atoms with Crippen LogP contribution in [-0.4, -0.2) is 9.97 Å². The fourth-order valence-corrected chi connectivity index (χ4v) is 3.80. The Morgan fingerprint density at radius 1 is 1.16 bits per heavy atom. The van der Waals surface area contributed by atoms with E-state index in [1.165, 1.54) is 22.9 Å². The molecule has 1 aliphatic carbocycles. The third-order valence-corrected chi connectivity index (χ3v) is 4.73. The van der Waals surface area contributed by atoms with Gasteiger partial charge in [0.05, 0.1) is 10.4 Å². The van der Waals surface area contributed by atoms with Crippen molar-refractivity contribution in [2.75, 3.05) is 0 Å². The zero-order valence-electron chi connectivity index (χ0n) is 9.96. The molecule has 4 rings (SSSR count). The second-order valence-electron chi connectivity index (χ2n) is 4.78. The summed E-state index contributed by atoms with van der Waals surface area (Å²) in [5.41, 5.74) is 1.97. The van der Waals surface area contributed by atoms with E-state index in [0.717, 1.165) is 23.8 Å². The van der Waals surface area contributed by atoms with E-state index in [9.17, 15) is 8.78 Å². The number of rotatable bonds is 1. The number of imidazole rings is 1. The first kappa shape index (κ1) is 11.1. The Kier molecular flexibility index (Phi) is 2.26. The number of fused-ring (bicyclic) bond motifs is 2. The van der Waals surface area contributed by atoms with Gasteiger partial charge in [-0.25, -0.2) is 13.8 Å². The molecule has 0 saturated heterocycles. The summed E-state index contributed by atoms with van der Waals surface area (Å²) in [6, 6.07) is 4.25. The van der Waals surface area contributed by atoms with Crippen molar-refractivity contribution in [2.24, 2.45) is 0 Å². The molecule has 0 radical (unpaired) electrons. The van der Waals surface area contributed by atoms with Crippen molar-refractivity contribution in [2.45, 2.75) is 19.3 Å². The summed E-state index contributed by atoms with van der Waals surface area (Å²) in [6.07, 6.45) is 3.43.